The second-order valence-corrected chi connectivity index (χ2v) is 7.98. The zero-order valence-corrected chi connectivity index (χ0v) is 16.4. The highest BCUT2D eigenvalue weighted by atomic mass is 32.1. The highest BCUT2D eigenvalue weighted by Gasteiger charge is 2.19. The molecule has 26 heavy (non-hydrogen) atoms. The first kappa shape index (κ1) is 18.8. The van der Waals surface area contributed by atoms with Crippen molar-refractivity contribution in [3.8, 4) is 5.75 Å². The molecule has 0 bridgehead atoms. The number of hydrogen-bond donors (Lipinski definition) is 1. The number of nitrogens with one attached hydrogen (secondary N) is 1. The summed E-state index contributed by atoms with van der Waals surface area (Å²) in [6.45, 7) is 4.68. The lowest BCUT2D eigenvalue weighted by molar-refractivity contribution is 0.102. The summed E-state index contributed by atoms with van der Waals surface area (Å²) in [4.78, 5) is 22.1. The van der Waals surface area contributed by atoms with E-state index in [2.05, 4.69) is 22.2 Å². The summed E-state index contributed by atoms with van der Waals surface area (Å²) in [6, 6.07) is 3.71. The fraction of sp³-hybridized carbons (Fsp3) is 0.550. The van der Waals surface area contributed by atoms with E-state index < -0.39 is 0 Å². The molecule has 1 N–H and O–H groups in total. The first-order valence-electron chi connectivity index (χ1n) is 9.52. The summed E-state index contributed by atoms with van der Waals surface area (Å²) in [5.41, 5.74) is 0.775. The Morgan fingerprint density at radius 2 is 2.15 bits per heavy atom. The summed E-state index contributed by atoms with van der Waals surface area (Å²) in [5, 5.41) is 3.91. The van der Waals surface area contributed by atoms with Gasteiger partial charge in [0.2, 0.25) is 0 Å². The maximum atomic E-state index is 12.7. The maximum absolute atomic E-state index is 12.7. The highest BCUT2D eigenvalue weighted by molar-refractivity contribution is 7.13. The number of carbonyl (C=O) groups is 1. The number of ether oxygens (including phenoxy) is 1. The van der Waals surface area contributed by atoms with Crippen molar-refractivity contribution in [1.82, 2.24) is 9.97 Å². The van der Waals surface area contributed by atoms with Crippen LogP contribution in [0.1, 0.15) is 65.8 Å². The molecular weight excluding hydrogens is 346 g/mol. The van der Waals surface area contributed by atoms with Gasteiger partial charge in [-0.1, -0.05) is 26.2 Å². The van der Waals surface area contributed by atoms with Gasteiger partial charge in [-0.05, 0) is 50.7 Å². The number of pyridine rings is 1. The van der Waals surface area contributed by atoms with E-state index in [-0.39, 0.29) is 5.91 Å². The Labute approximate surface area is 159 Å². The van der Waals surface area contributed by atoms with Crippen molar-refractivity contribution < 1.29 is 9.53 Å². The lowest BCUT2D eigenvalue weighted by Crippen LogP contribution is -2.17. The minimum absolute atomic E-state index is 0.163. The van der Waals surface area contributed by atoms with E-state index in [0.717, 1.165) is 23.5 Å². The zero-order chi connectivity index (χ0) is 18.4. The Kier molecular flexibility index (Phi) is 6.61. The molecule has 2 heterocycles. The quantitative estimate of drug-likeness (QED) is 0.741. The van der Waals surface area contributed by atoms with Gasteiger partial charge < -0.3 is 10.1 Å². The van der Waals surface area contributed by atoms with Crippen LogP contribution in [0.25, 0.3) is 0 Å². The van der Waals surface area contributed by atoms with Gasteiger partial charge in [-0.3, -0.25) is 4.79 Å². The van der Waals surface area contributed by atoms with Crippen LogP contribution in [0.15, 0.2) is 18.3 Å². The SMILES string of the molecule is CCCc1nc(C)c(C(=O)Nc2ncccc2OCC2CCCCC2)s1. The topological polar surface area (TPSA) is 64.1 Å². The van der Waals surface area contributed by atoms with E-state index in [1.807, 2.05) is 19.1 Å². The largest absolute Gasteiger partial charge is 0.489 e. The molecule has 6 heteroatoms. The van der Waals surface area contributed by atoms with E-state index >= 15 is 0 Å². The van der Waals surface area contributed by atoms with Crippen LogP contribution >= 0.6 is 11.3 Å². The summed E-state index contributed by atoms with van der Waals surface area (Å²) < 4.78 is 6.00. The third-order valence-corrected chi connectivity index (χ3v) is 5.93. The first-order valence-corrected chi connectivity index (χ1v) is 10.3. The van der Waals surface area contributed by atoms with Crippen molar-refractivity contribution in [2.75, 3.05) is 11.9 Å². The molecular formula is C20H27N3O2S. The van der Waals surface area contributed by atoms with Crippen molar-refractivity contribution in [3.05, 3.63) is 33.9 Å². The van der Waals surface area contributed by atoms with Crippen LogP contribution in [0, 0.1) is 12.8 Å². The molecule has 1 aliphatic carbocycles. The van der Waals surface area contributed by atoms with Gasteiger partial charge in [0.05, 0.1) is 17.3 Å². The third kappa shape index (κ3) is 4.81. The average molecular weight is 374 g/mol. The number of hydrogen-bond acceptors (Lipinski definition) is 5. The molecule has 0 spiro atoms. The second-order valence-electron chi connectivity index (χ2n) is 6.89. The van der Waals surface area contributed by atoms with E-state index in [1.165, 1.54) is 43.4 Å². The number of rotatable bonds is 7. The molecule has 0 saturated heterocycles. The minimum Gasteiger partial charge on any atom is -0.489 e. The number of anilines is 1. The smallest absolute Gasteiger partial charge is 0.268 e. The van der Waals surface area contributed by atoms with Gasteiger partial charge >= 0.3 is 0 Å². The molecule has 0 unspecified atom stereocenters. The Balaban J connectivity index is 1.66. The van der Waals surface area contributed by atoms with Gasteiger partial charge in [0, 0.05) is 6.20 Å². The fourth-order valence-electron chi connectivity index (χ4n) is 3.31. The molecule has 3 rings (SSSR count). The number of amides is 1. The Morgan fingerprint density at radius 3 is 2.92 bits per heavy atom. The van der Waals surface area contributed by atoms with Gasteiger partial charge in [0.15, 0.2) is 11.6 Å². The Morgan fingerprint density at radius 1 is 1.35 bits per heavy atom. The number of carbonyl (C=O) groups excluding carboxylic acids is 1. The number of aromatic nitrogens is 2. The van der Waals surface area contributed by atoms with E-state index in [1.54, 1.807) is 6.20 Å². The number of aryl methyl sites for hydroxylation is 2. The third-order valence-electron chi connectivity index (χ3n) is 4.71. The van der Waals surface area contributed by atoms with E-state index in [9.17, 15) is 4.79 Å². The molecule has 2 aromatic rings. The van der Waals surface area contributed by atoms with Crippen molar-refractivity contribution >= 4 is 23.1 Å². The maximum Gasteiger partial charge on any atom is 0.268 e. The molecule has 0 atom stereocenters. The molecule has 1 amide bonds. The molecule has 1 aliphatic rings. The lowest BCUT2D eigenvalue weighted by Gasteiger charge is -2.22. The predicted octanol–water partition coefficient (Wildman–Crippen LogP) is 5.01. The molecule has 2 aromatic heterocycles. The van der Waals surface area contributed by atoms with Crippen LogP contribution in [0.4, 0.5) is 5.82 Å². The second kappa shape index (κ2) is 9.12. The molecule has 5 nitrogen and oxygen atoms in total. The minimum atomic E-state index is -0.163. The summed E-state index contributed by atoms with van der Waals surface area (Å²) in [7, 11) is 0. The normalized spacial score (nSPS) is 15.0. The van der Waals surface area contributed by atoms with Crippen LogP contribution in [-0.4, -0.2) is 22.5 Å². The van der Waals surface area contributed by atoms with Crippen LogP contribution in [-0.2, 0) is 6.42 Å². The standard InChI is InChI=1S/C20H27N3O2S/c1-3-8-17-22-14(2)18(26-17)20(24)23-19-16(11-7-12-21-19)25-13-15-9-5-4-6-10-15/h7,11-12,15H,3-6,8-10,13H2,1-2H3,(H,21,23,24). The fourth-order valence-corrected chi connectivity index (χ4v) is 4.37. The van der Waals surface area contributed by atoms with Crippen LogP contribution in [0.5, 0.6) is 5.75 Å². The van der Waals surface area contributed by atoms with Crippen LogP contribution < -0.4 is 10.1 Å². The summed E-state index contributed by atoms with van der Waals surface area (Å²) in [6.07, 6.45) is 9.95. The molecule has 0 radical (unpaired) electrons. The summed E-state index contributed by atoms with van der Waals surface area (Å²) in [5.74, 6) is 1.57. The van der Waals surface area contributed by atoms with Crippen molar-refractivity contribution in [2.24, 2.45) is 5.92 Å². The van der Waals surface area contributed by atoms with Gasteiger partial charge in [0.25, 0.3) is 5.91 Å². The van der Waals surface area contributed by atoms with Crippen LogP contribution in [0.2, 0.25) is 0 Å². The molecule has 0 aliphatic heterocycles. The molecule has 1 saturated carbocycles. The van der Waals surface area contributed by atoms with E-state index in [4.69, 9.17) is 4.74 Å². The van der Waals surface area contributed by atoms with Gasteiger partial charge in [-0.15, -0.1) is 11.3 Å². The van der Waals surface area contributed by atoms with Gasteiger partial charge in [-0.2, -0.15) is 0 Å². The monoisotopic (exact) mass is 373 g/mol. The molecule has 140 valence electrons. The predicted molar refractivity (Wildman–Crippen MR) is 105 cm³/mol. The highest BCUT2D eigenvalue weighted by Crippen LogP contribution is 2.28. The van der Waals surface area contributed by atoms with Crippen molar-refractivity contribution in [3.63, 3.8) is 0 Å². The first-order chi connectivity index (χ1) is 12.7. The average Bonchev–Trinajstić information content (AvgIpc) is 3.02. The van der Waals surface area contributed by atoms with Crippen molar-refractivity contribution in [2.45, 2.75) is 58.8 Å². The van der Waals surface area contributed by atoms with E-state index in [0.29, 0.717) is 29.0 Å². The molecule has 0 aromatic carbocycles. The van der Waals surface area contributed by atoms with Crippen LogP contribution in [0.3, 0.4) is 0 Å². The van der Waals surface area contributed by atoms with Gasteiger partial charge in [0.1, 0.15) is 4.88 Å². The number of thiazole rings is 1. The molecule has 1 fully saturated rings. The van der Waals surface area contributed by atoms with Gasteiger partial charge in [-0.25, -0.2) is 9.97 Å². The Hall–Kier alpha value is -1.95. The lowest BCUT2D eigenvalue weighted by atomic mass is 9.90. The summed E-state index contributed by atoms with van der Waals surface area (Å²) >= 11 is 1.46. The van der Waals surface area contributed by atoms with Crippen molar-refractivity contribution in [1.29, 1.82) is 0 Å². The Bertz CT molecular complexity index is 738. The number of nitrogens with zero attached hydrogens (tertiary/aromatic N) is 2. The zero-order valence-electron chi connectivity index (χ0n) is 15.6.